The van der Waals surface area contributed by atoms with E-state index in [9.17, 15) is 4.79 Å². The third kappa shape index (κ3) is 3.90. The molecule has 1 saturated heterocycles. The van der Waals surface area contributed by atoms with E-state index in [0.717, 1.165) is 50.1 Å². The molecule has 1 N–H and O–H groups in total. The number of amides is 2. The van der Waals surface area contributed by atoms with E-state index in [1.165, 1.54) is 5.56 Å². The minimum atomic E-state index is 0.0876. The van der Waals surface area contributed by atoms with Crippen LogP contribution in [-0.2, 0) is 6.42 Å². The Morgan fingerprint density at radius 1 is 1.48 bits per heavy atom. The van der Waals surface area contributed by atoms with E-state index in [4.69, 9.17) is 4.74 Å². The fourth-order valence-electron chi connectivity index (χ4n) is 2.99. The molecule has 0 aromatic heterocycles. The largest absolute Gasteiger partial charge is 0.496 e. The van der Waals surface area contributed by atoms with Crippen molar-refractivity contribution in [2.75, 3.05) is 20.2 Å². The molecular weight excluding hydrogens is 264 g/mol. The average molecular weight is 290 g/mol. The van der Waals surface area contributed by atoms with Crippen molar-refractivity contribution in [3.05, 3.63) is 29.3 Å². The number of likely N-dealkylation sites (tertiary alicyclic amines) is 1. The molecule has 1 heterocycles. The van der Waals surface area contributed by atoms with Crippen LogP contribution in [0.15, 0.2) is 18.2 Å². The van der Waals surface area contributed by atoms with Crippen molar-refractivity contribution in [2.24, 2.45) is 0 Å². The first kappa shape index (κ1) is 15.7. The SMILES string of the molecule is CCCNC(=O)N1CCCC1Cc1ccc(OC)c(C)c1. The number of ether oxygens (including phenoxy) is 1. The molecule has 1 aromatic carbocycles. The van der Waals surface area contributed by atoms with Gasteiger partial charge in [0.25, 0.3) is 0 Å². The van der Waals surface area contributed by atoms with Gasteiger partial charge in [-0.1, -0.05) is 19.1 Å². The zero-order valence-corrected chi connectivity index (χ0v) is 13.3. The number of carbonyl (C=O) groups is 1. The topological polar surface area (TPSA) is 41.6 Å². The monoisotopic (exact) mass is 290 g/mol. The number of benzene rings is 1. The van der Waals surface area contributed by atoms with Crippen LogP contribution in [0.1, 0.15) is 37.3 Å². The summed E-state index contributed by atoms with van der Waals surface area (Å²) in [6, 6.07) is 6.69. The molecule has 1 aromatic rings. The summed E-state index contributed by atoms with van der Waals surface area (Å²) in [7, 11) is 1.69. The fraction of sp³-hybridized carbons (Fsp3) is 0.588. The molecule has 0 saturated carbocycles. The van der Waals surface area contributed by atoms with E-state index in [0.29, 0.717) is 6.04 Å². The lowest BCUT2D eigenvalue weighted by atomic mass is 10.0. The van der Waals surface area contributed by atoms with Crippen molar-refractivity contribution in [2.45, 2.75) is 45.6 Å². The molecule has 0 aliphatic carbocycles. The summed E-state index contributed by atoms with van der Waals surface area (Å²) in [5.41, 5.74) is 2.42. The molecule has 0 bridgehead atoms. The lowest BCUT2D eigenvalue weighted by Gasteiger charge is -2.25. The van der Waals surface area contributed by atoms with Crippen molar-refractivity contribution >= 4 is 6.03 Å². The molecule has 1 unspecified atom stereocenters. The number of nitrogens with zero attached hydrogens (tertiary/aromatic N) is 1. The summed E-state index contributed by atoms with van der Waals surface area (Å²) in [4.78, 5) is 14.2. The van der Waals surface area contributed by atoms with Crippen molar-refractivity contribution in [3.63, 3.8) is 0 Å². The normalized spacial score (nSPS) is 17.9. The van der Waals surface area contributed by atoms with Gasteiger partial charge in [0.2, 0.25) is 0 Å². The van der Waals surface area contributed by atoms with Gasteiger partial charge in [-0.05, 0) is 49.8 Å². The predicted octanol–water partition coefficient (Wildman–Crippen LogP) is 3.13. The number of nitrogens with one attached hydrogen (secondary N) is 1. The number of urea groups is 1. The fourth-order valence-corrected chi connectivity index (χ4v) is 2.99. The zero-order chi connectivity index (χ0) is 15.2. The quantitative estimate of drug-likeness (QED) is 0.905. The minimum absolute atomic E-state index is 0.0876. The zero-order valence-electron chi connectivity index (χ0n) is 13.3. The molecular formula is C17H26N2O2. The summed E-state index contributed by atoms with van der Waals surface area (Å²) < 4.78 is 5.30. The van der Waals surface area contributed by atoms with Crippen molar-refractivity contribution in [3.8, 4) is 5.75 Å². The first-order valence-corrected chi connectivity index (χ1v) is 7.83. The van der Waals surface area contributed by atoms with Crippen molar-refractivity contribution in [1.82, 2.24) is 10.2 Å². The number of carbonyl (C=O) groups excluding carboxylic acids is 1. The van der Waals surface area contributed by atoms with Crippen LogP contribution in [0.4, 0.5) is 4.79 Å². The van der Waals surface area contributed by atoms with E-state index < -0.39 is 0 Å². The average Bonchev–Trinajstić information content (AvgIpc) is 2.93. The molecule has 4 nitrogen and oxygen atoms in total. The second-order valence-electron chi connectivity index (χ2n) is 5.73. The van der Waals surface area contributed by atoms with Gasteiger partial charge in [-0.25, -0.2) is 4.79 Å². The molecule has 4 heteroatoms. The smallest absolute Gasteiger partial charge is 0.317 e. The Morgan fingerprint density at radius 3 is 2.95 bits per heavy atom. The van der Waals surface area contributed by atoms with Gasteiger partial charge in [0.05, 0.1) is 7.11 Å². The summed E-state index contributed by atoms with van der Waals surface area (Å²) in [6.07, 6.45) is 4.08. The van der Waals surface area contributed by atoms with Crippen LogP contribution in [0, 0.1) is 6.92 Å². The molecule has 2 rings (SSSR count). The van der Waals surface area contributed by atoms with E-state index in [2.05, 4.69) is 31.3 Å². The Balaban J connectivity index is 2.00. The van der Waals surface area contributed by atoms with Crippen LogP contribution in [-0.4, -0.2) is 37.2 Å². The number of hydrogen-bond acceptors (Lipinski definition) is 2. The van der Waals surface area contributed by atoms with E-state index >= 15 is 0 Å². The van der Waals surface area contributed by atoms with Crippen LogP contribution in [0.3, 0.4) is 0 Å². The highest BCUT2D eigenvalue weighted by molar-refractivity contribution is 5.74. The maximum atomic E-state index is 12.2. The Kier molecular flexibility index (Phi) is 5.48. The van der Waals surface area contributed by atoms with Gasteiger partial charge in [0.15, 0.2) is 0 Å². The number of aryl methyl sites for hydroxylation is 1. The third-order valence-corrected chi connectivity index (χ3v) is 4.09. The lowest BCUT2D eigenvalue weighted by Crippen LogP contribution is -2.43. The molecule has 1 aliphatic rings. The number of hydrogen-bond donors (Lipinski definition) is 1. The Hall–Kier alpha value is -1.71. The van der Waals surface area contributed by atoms with Gasteiger partial charge >= 0.3 is 6.03 Å². The molecule has 21 heavy (non-hydrogen) atoms. The lowest BCUT2D eigenvalue weighted by molar-refractivity contribution is 0.192. The Morgan fingerprint density at radius 2 is 2.29 bits per heavy atom. The van der Waals surface area contributed by atoms with Gasteiger partial charge in [-0.2, -0.15) is 0 Å². The first-order chi connectivity index (χ1) is 10.2. The number of methoxy groups -OCH3 is 1. The van der Waals surface area contributed by atoms with Gasteiger partial charge < -0.3 is 15.0 Å². The molecule has 1 fully saturated rings. The second kappa shape index (κ2) is 7.34. The molecule has 0 spiro atoms. The standard InChI is InChI=1S/C17H26N2O2/c1-4-9-18-17(20)19-10-5-6-15(19)12-14-7-8-16(21-3)13(2)11-14/h7-8,11,15H,4-6,9-10,12H2,1-3H3,(H,18,20). The highest BCUT2D eigenvalue weighted by Gasteiger charge is 2.28. The summed E-state index contributed by atoms with van der Waals surface area (Å²) in [6.45, 7) is 5.75. The Labute approximate surface area is 127 Å². The van der Waals surface area contributed by atoms with E-state index in [-0.39, 0.29) is 6.03 Å². The predicted molar refractivity (Wildman–Crippen MR) is 84.9 cm³/mol. The van der Waals surface area contributed by atoms with Gasteiger partial charge in [-0.15, -0.1) is 0 Å². The molecule has 0 radical (unpaired) electrons. The van der Waals surface area contributed by atoms with Crippen LogP contribution in [0.5, 0.6) is 5.75 Å². The van der Waals surface area contributed by atoms with Crippen LogP contribution in [0.25, 0.3) is 0 Å². The van der Waals surface area contributed by atoms with E-state index in [1.807, 2.05) is 11.0 Å². The Bertz CT molecular complexity index is 488. The second-order valence-corrected chi connectivity index (χ2v) is 5.73. The molecule has 116 valence electrons. The van der Waals surface area contributed by atoms with E-state index in [1.54, 1.807) is 7.11 Å². The van der Waals surface area contributed by atoms with Crippen LogP contribution < -0.4 is 10.1 Å². The maximum Gasteiger partial charge on any atom is 0.317 e. The number of rotatable bonds is 5. The maximum absolute atomic E-state index is 12.2. The first-order valence-electron chi connectivity index (χ1n) is 7.83. The highest BCUT2D eigenvalue weighted by atomic mass is 16.5. The van der Waals surface area contributed by atoms with Gasteiger partial charge in [0.1, 0.15) is 5.75 Å². The third-order valence-electron chi connectivity index (χ3n) is 4.09. The van der Waals surface area contributed by atoms with Gasteiger partial charge in [-0.3, -0.25) is 0 Å². The van der Waals surface area contributed by atoms with Crippen LogP contribution in [0.2, 0.25) is 0 Å². The van der Waals surface area contributed by atoms with Crippen LogP contribution >= 0.6 is 0 Å². The van der Waals surface area contributed by atoms with Crippen molar-refractivity contribution in [1.29, 1.82) is 0 Å². The molecule has 1 atom stereocenters. The van der Waals surface area contributed by atoms with Gasteiger partial charge in [0, 0.05) is 19.1 Å². The highest BCUT2D eigenvalue weighted by Crippen LogP contribution is 2.24. The summed E-state index contributed by atoms with van der Waals surface area (Å²) in [5.74, 6) is 0.919. The summed E-state index contributed by atoms with van der Waals surface area (Å²) in [5, 5.41) is 2.99. The minimum Gasteiger partial charge on any atom is -0.496 e. The molecule has 2 amide bonds. The van der Waals surface area contributed by atoms with Crippen molar-refractivity contribution < 1.29 is 9.53 Å². The summed E-state index contributed by atoms with van der Waals surface area (Å²) >= 11 is 0. The molecule has 1 aliphatic heterocycles.